The minimum Gasteiger partial charge on any atom is -0.382 e. The molecule has 2 nitrogen and oxygen atoms in total. The van der Waals surface area contributed by atoms with Crippen LogP contribution >= 0.6 is 0 Å². The predicted molar refractivity (Wildman–Crippen MR) is 51.4 cm³/mol. The Morgan fingerprint density at radius 2 is 2.14 bits per heavy atom. The van der Waals surface area contributed by atoms with Crippen LogP contribution in [0, 0.1) is 5.82 Å². The molecule has 1 aromatic carbocycles. The van der Waals surface area contributed by atoms with Crippen molar-refractivity contribution in [1.29, 1.82) is 0 Å². The summed E-state index contributed by atoms with van der Waals surface area (Å²) >= 11 is 0. The Kier molecular flexibility index (Phi) is 2.31. The molecular weight excluding hydrogens is 181 g/mol. The minimum absolute atomic E-state index is 0.133. The maximum absolute atomic E-state index is 13.2. The number of nitrogens with one attached hydrogen (secondary N) is 1. The lowest BCUT2D eigenvalue weighted by Gasteiger charge is -2.03. The summed E-state index contributed by atoms with van der Waals surface area (Å²) in [5.41, 5.74) is 0.642. The van der Waals surface area contributed by atoms with E-state index in [9.17, 15) is 9.18 Å². The van der Waals surface area contributed by atoms with Crippen molar-refractivity contribution in [2.24, 2.45) is 0 Å². The molecule has 72 valence electrons. The van der Waals surface area contributed by atoms with Crippen LogP contribution in [-0.2, 0) is 0 Å². The Hall–Kier alpha value is -1.64. The molecule has 1 aliphatic heterocycles. The van der Waals surface area contributed by atoms with E-state index in [2.05, 4.69) is 5.32 Å². The van der Waals surface area contributed by atoms with Gasteiger partial charge in [-0.1, -0.05) is 18.2 Å². The van der Waals surface area contributed by atoms with Gasteiger partial charge in [-0.15, -0.1) is 0 Å². The van der Waals surface area contributed by atoms with Gasteiger partial charge in [0, 0.05) is 6.54 Å². The molecule has 1 aromatic rings. The zero-order valence-electron chi connectivity index (χ0n) is 7.59. The topological polar surface area (TPSA) is 29.1 Å². The first-order chi connectivity index (χ1) is 6.79. The Labute approximate surface area is 81.4 Å². The normalized spacial score (nSPS) is 14.8. The Morgan fingerprint density at radius 3 is 2.79 bits per heavy atom. The second kappa shape index (κ2) is 3.62. The quantitative estimate of drug-likeness (QED) is 0.723. The zero-order chi connectivity index (χ0) is 9.97. The summed E-state index contributed by atoms with van der Waals surface area (Å²) in [6.07, 6.45) is 2.63. The van der Waals surface area contributed by atoms with Crippen molar-refractivity contribution < 1.29 is 9.18 Å². The second-order valence-electron chi connectivity index (χ2n) is 3.14. The summed E-state index contributed by atoms with van der Waals surface area (Å²) in [7, 11) is 0. The molecule has 0 radical (unpaired) electrons. The predicted octanol–water partition coefficient (Wildman–Crippen LogP) is 1.89. The van der Waals surface area contributed by atoms with Crippen molar-refractivity contribution in [2.45, 2.75) is 6.42 Å². The van der Waals surface area contributed by atoms with E-state index in [1.807, 2.05) is 0 Å². The number of Topliss-reactive ketones (excluding diaryl/α,β-unsaturated/α-hetero) is 1. The van der Waals surface area contributed by atoms with Crippen molar-refractivity contribution in [3.8, 4) is 0 Å². The number of benzene rings is 1. The molecule has 0 aromatic heterocycles. The van der Waals surface area contributed by atoms with Gasteiger partial charge in [0.2, 0.25) is 5.78 Å². The highest BCUT2D eigenvalue weighted by Crippen LogP contribution is 2.13. The highest BCUT2D eigenvalue weighted by atomic mass is 19.1. The van der Waals surface area contributed by atoms with Gasteiger partial charge in [-0.05, 0) is 18.6 Å². The van der Waals surface area contributed by atoms with Crippen molar-refractivity contribution in [3.05, 3.63) is 47.4 Å². The molecular formula is C11H10FNO. The summed E-state index contributed by atoms with van der Waals surface area (Å²) in [6, 6.07) is 6.02. The standard InChI is InChI=1S/C11H10FNO/c12-9-5-2-1-4-8(9)11(14)10-6-3-7-13-10/h1-2,4-6,13H,3,7H2. The van der Waals surface area contributed by atoms with Crippen LogP contribution < -0.4 is 5.32 Å². The average molecular weight is 191 g/mol. The van der Waals surface area contributed by atoms with Crippen LogP contribution in [0.1, 0.15) is 16.8 Å². The Bertz CT molecular complexity index is 398. The fourth-order valence-electron chi connectivity index (χ4n) is 1.46. The molecule has 14 heavy (non-hydrogen) atoms. The number of allylic oxidation sites excluding steroid dienone is 1. The fourth-order valence-corrected chi connectivity index (χ4v) is 1.46. The van der Waals surface area contributed by atoms with E-state index in [0.29, 0.717) is 5.70 Å². The second-order valence-corrected chi connectivity index (χ2v) is 3.14. The molecule has 0 fully saturated rings. The van der Waals surface area contributed by atoms with E-state index in [-0.39, 0.29) is 11.3 Å². The van der Waals surface area contributed by atoms with E-state index >= 15 is 0 Å². The maximum atomic E-state index is 13.2. The minimum atomic E-state index is -0.466. The van der Waals surface area contributed by atoms with Crippen molar-refractivity contribution >= 4 is 5.78 Å². The van der Waals surface area contributed by atoms with Crippen LogP contribution in [0.15, 0.2) is 36.0 Å². The number of hydrogen-bond acceptors (Lipinski definition) is 2. The molecule has 0 spiro atoms. The van der Waals surface area contributed by atoms with Gasteiger partial charge in [0.25, 0.3) is 0 Å². The molecule has 1 heterocycles. The largest absolute Gasteiger partial charge is 0.382 e. The molecule has 0 aliphatic carbocycles. The number of carbonyl (C=O) groups is 1. The van der Waals surface area contributed by atoms with Gasteiger partial charge in [-0.25, -0.2) is 4.39 Å². The van der Waals surface area contributed by atoms with E-state index in [1.54, 1.807) is 18.2 Å². The van der Waals surface area contributed by atoms with Crippen molar-refractivity contribution in [1.82, 2.24) is 5.32 Å². The van der Waals surface area contributed by atoms with E-state index < -0.39 is 5.82 Å². The summed E-state index contributed by atoms with van der Waals surface area (Å²) < 4.78 is 13.2. The SMILES string of the molecule is O=C(C1=CCCN1)c1ccccc1F. The van der Waals surface area contributed by atoms with Crippen LogP contribution in [0.4, 0.5) is 4.39 Å². The summed E-state index contributed by atoms with van der Waals surface area (Å²) in [5, 5.41) is 2.93. The molecule has 0 bridgehead atoms. The van der Waals surface area contributed by atoms with Crippen LogP contribution in [0.3, 0.4) is 0 Å². The van der Waals surface area contributed by atoms with Gasteiger partial charge in [-0.3, -0.25) is 4.79 Å². The number of ketones is 1. The molecule has 0 amide bonds. The first kappa shape index (κ1) is 8.94. The molecule has 1 aliphatic rings. The molecule has 1 N–H and O–H groups in total. The van der Waals surface area contributed by atoms with Gasteiger partial charge in [0.05, 0.1) is 11.3 Å². The number of carbonyl (C=O) groups excluding carboxylic acids is 1. The summed E-state index contributed by atoms with van der Waals surface area (Å²) in [4.78, 5) is 11.7. The first-order valence-electron chi connectivity index (χ1n) is 4.52. The molecule has 0 unspecified atom stereocenters. The van der Waals surface area contributed by atoms with Gasteiger partial charge < -0.3 is 5.32 Å². The van der Waals surface area contributed by atoms with Gasteiger partial charge >= 0.3 is 0 Å². The highest BCUT2D eigenvalue weighted by molar-refractivity contribution is 6.08. The summed E-state index contributed by atoms with van der Waals surface area (Å²) in [5.74, 6) is -0.729. The van der Waals surface area contributed by atoms with Crippen molar-refractivity contribution in [2.75, 3.05) is 6.54 Å². The molecule has 2 rings (SSSR count). The maximum Gasteiger partial charge on any atom is 0.211 e. The average Bonchev–Trinajstić information content (AvgIpc) is 2.70. The highest BCUT2D eigenvalue weighted by Gasteiger charge is 2.17. The third-order valence-electron chi connectivity index (χ3n) is 2.17. The van der Waals surface area contributed by atoms with Crippen LogP contribution in [0.25, 0.3) is 0 Å². The molecule has 0 saturated heterocycles. The third kappa shape index (κ3) is 1.53. The van der Waals surface area contributed by atoms with Gasteiger partial charge in [0.1, 0.15) is 5.82 Å². The number of rotatable bonds is 2. The fraction of sp³-hybridized carbons (Fsp3) is 0.182. The lowest BCUT2D eigenvalue weighted by Crippen LogP contribution is -2.17. The van der Waals surface area contributed by atoms with Crippen LogP contribution in [0.2, 0.25) is 0 Å². The number of halogens is 1. The van der Waals surface area contributed by atoms with E-state index in [0.717, 1.165) is 13.0 Å². The lowest BCUT2D eigenvalue weighted by atomic mass is 10.1. The Morgan fingerprint density at radius 1 is 1.36 bits per heavy atom. The summed E-state index contributed by atoms with van der Waals surface area (Å²) in [6.45, 7) is 0.759. The van der Waals surface area contributed by atoms with Crippen LogP contribution in [-0.4, -0.2) is 12.3 Å². The smallest absolute Gasteiger partial charge is 0.211 e. The van der Waals surface area contributed by atoms with Crippen LogP contribution in [0.5, 0.6) is 0 Å². The Balaban J connectivity index is 2.31. The molecule has 3 heteroatoms. The monoisotopic (exact) mass is 191 g/mol. The van der Waals surface area contributed by atoms with E-state index in [1.165, 1.54) is 12.1 Å². The molecule has 0 atom stereocenters. The van der Waals surface area contributed by atoms with Crippen molar-refractivity contribution in [3.63, 3.8) is 0 Å². The van der Waals surface area contributed by atoms with Gasteiger partial charge in [-0.2, -0.15) is 0 Å². The van der Waals surface area contributed by atoms with Gasteiger partial charge in [0.15, 0.2) is 0 Å². The third-order valence-corrected chi connectivity index (χ3v) is 2.17. The number of hydrogen-bond donors (Lipinski definition) is 1. The zero-order valence-corrected chi connectivity index (χ0v) is 7.59. The molecule has 0 saturated carbocycles. The lowest BCUT2D eigenvalue weighted by molar-refractivity contribution is 0.102. The van der Waals surface area contributed by atoms with E-state index in [4.69, 9.17) is 0 Å². The first-order valence-corrected chi connectivity index (χ1v) is 4.52.